The number of carbonyl (C=O) groups is 2. The summed E-state index contributed by atoms with van der Waals surface area (Å²) in [7, 11) is 0. The fourth-order valence-electron chi connectivity index (χ4n) is 3.39. The number of nitrogens with one attached hydrogen (secondary N) is 1. The van der Waals surface area contributed by atoms with Gasteiger partial charge in [-0.3, -0.25) is 4.79 Å². The van der Waals surface area contributed by atoms with Crippen molar-refractivity contribution in [1.29, 1.82) is 0 Å². The number of carboxylic acid groups (broad SMARTS) is 1. The van der Waals surface area contributed by atoms with Gasteiger partial charge in [0.2, 0.25) is 5.91 Å². The molecular formula is C13H22N2O5. The standard InChI is InChI=1S/C13H22N2O5/c1-12(2)10-8(3-5-20-10)13(12,14)11(18)15-4-6-19-7-9(16)17/h8,10H,3-7,14H2,1-2H3,(H,15,18)(H,16,17). The Hall–Kier alpha value is -1.18. The molecule has 1 heterocycles. The van der Waals surface area contributed by atoms with Crippen LogP contribution in [0.25, 0.3) is 0 Å². The number of aliphatic carboxylic acids is 1. The van der Waals surface area contributed by atoms with Crippen molar-refractivity contribution >= 4 is 11.9 Å². The molecule has 7 heteroatoms. The molecule has 0 aromatic carbocycles. The highest BCUT2D eigenvalue weighted by atomic mass is 16.5. The van der Waals surface area contributed by atoms with Crippen molar-refractivity contribution in [3.8, 4) is 0 Å². The third kappa shape index (κ3) is 2.19. The maximum Gasteiger partial charge on any atom is 0.329 e. The Kier molecular flexibility index (Phi) is 4.04. The van der Waals surface area contributed by atoms with E-state index in [2.05, 4.69) is 5.32 Å². The Morgan fingerprint density at radius 2 is 2.20 bits per heavy atom. The summed E-state index contributed by atoms with van der Waals surface area (Å²) in [6.07, 6.45) is 0.842. The van der Waals surface area contributed by atoms with Crippen LogP contribution in [-0.4, -0.2) is 55.0 Å². The van der Waals surface area contributed by atoms with Gasteiger partial charge in [-0.2, -0.15) is 0 Å². The van der Waals surface area contributed by atoms with Gasteiger partial charge in [0, 0.05) is 24.5 Å². The molecule has 3 atom stereocenters. The van der Waals surface area contributed by atoms with Gasteiger partial charge in [0.05, 0.1) is 12.7 Å². The number of hydrogen-bond acceptors (Lipinski definition) is 5. The largest absolute Gasteiger partial charge is 0.480 e. The van der Waals surface area contributed by atoms with Gasteiger partial charge in [-0.1, -0.05) is 13.8 Å². The predicted molar refractivity (Wildman–Crippen MR) is 70.0 cm³/mol. The predicted octanol–water partition coefficient (Wildman–Crippen LogP) is -0.654. The summed E-state index contributed by atoms with van der Waals surface area (Å²) in [6.45, 7) is 4.57. The molecule has 20 heavy (non-hydrogen) atoms. The highest BCUT2D eigenvalue weighted by Gasteiger charge is 2.71. The highest BCUT2D eigenvalue weighted by molar-refractivity contribution is 5.89. The molecule has 0 spiro atoms. The molecular weight excluding hydrogens is 264 g/mol. The van der Waals surface area contributed by atoms with E-state index in [-0.39, 0.29) is 37.7 Å². The molecule has 3 unspecified atom stereocenters. The van der Waals surface area contributed by atoms with E-state index < -0.39 is 16.9 Å². The van der Waals surface area contributed by atoms with E-state index in [1.54, 1.807) is 0 Å². The van der Waals surface area contributed by atoms with E-state index in [1.807, 2.05) is 13.8 Å². The fraction of sp³-hybridized carbons (Fsp3) is 0.846. The van der Waals surface area contributed by atoms with Crippen LogP contribution in [0.1, 0.15) is 20.3 Å². The van der Waals surface area contributed by atoms with Crippen molar-refractivity contribution in [3.63, 3.8) is 0 Å². The first kappa shape index (κ1) is 15.2. The van der Waals surface area contributed by atoms with Crippen molar-refractivity contribution in [2.24, 2.45) is 17.1 Å². The minimum absolute atomic E-state index is 0.0431. The quantitative estimate of drug-likeness (QED) is 0.559. The summed E-state index contributed by atoms with van der Waals surface area (Å²) < 4.78 is 10.5. The monoisotopic (exact) mass is 286 g/mol. The van der Waals surface area contributed by atoms with Crippen LogP contribution in [0.15, 0.2) is 0 Å². The first-order valence-corrected chi connectivity index (χ1v) is 6.80. The van der Waals surface area contributed by atoms with Gasteiger partial charge in [-0.25, -0.2) is 4.79 Å². The smallest absolute Gasteiger partial charge is 0.329 e. The molecule has 1 saturated heterocycles. The minimum Gasteiger partial charge on any atom is -0.480 e. The van der Waals surface area contributed by atoms with Gasteiger partial charge in [0.15, 0.2) is 0 Å². The van der Waals surface area contributed by atoms with Gasteiger partial charge >= 0.3 is 5.97 Å². The number of hydrogen-bond donors (Lipinski definition) is 3. The molecule has 0 aromatic heterocycles. The Bertz CT molecular complexity index is 412. The molecule has 1 aliphatic heterocycles. The van der Waals surface area contributed by atoms with E-state index in [9.17, 15) is 9.59 Å². The molecule has 4 N–H and O–H groups in total. The molecule has 1 amide bonds. The topological polar surface area (TPSA) is 111 Å². The first-order chi connectivity index (χ1) is 9.31. The minimum atomic E-state index is -1.03. The number of carboxylic acids is 1. The van der Waals surface area contributed by atoms with Crippen molar-refractivity contribution in [1.82, 2.24) is 5.32 Å². The normalized spacial score (nSPS) is 34.1. The van der Waals surface area contributed by atoms with Crippen molar-refractivity contribution < 1.29 is 24.2 Å². The fourth-order valence-corrected chi connectivity index (χ4v) is 3.39. The molecule has 7 nitrogen and oxygen atoms in total. The van der Waals surface area contributed by atoms with Gasteiger partial charge < -0.3 is 25.6 Å². The summed E-state index contributed by atoms with van der Waals surface area (Å²) in [6, 6.07) is 0. The van der Waals surface area contributed by atoms with Crippen molar-refractivity contribution in [3.05, 3.63) is 0 Å². The Morgan fingerprint density at radius 1 is 1.50 bits per heavy atom. The molecule has 2 rings (SSSR count). The van der Waals surface area contributed by atoms with Crippen LogP contribution >= 0.6 is 0 Å². The van der Waals surface area contributed by atoms with E-state index in [4.69, 9.17) is 20.3 Å². The summed E-state index contributed by atoms with van der Waals surface area (Å²) in [5.41, 5.74) is 5.01. The maximum atomic E-state index is 12.3. The second-order valence-corrected chi connectivity index (χ2v) is 5.98. The average molecular weight is 286 g/mol. The van der Waals surface area contributed by atoms with Crippen LogP contribution in [0, 0.1) is 11.3 Å². The number of carbonyl (C=O) groups excluding carboxylic acids is 1. The first-order valence-electron chi connectivity index (χ1n) is 6.80. The van der Waals surface area contributed by atoms with Crippen LogP contribution in [0.3, 0.4) is 0 Å². The summed E-state index contributed by atoms with van der Waals surface area (Å²) in [5, 5.41) is 11.2. The lowest BCUT2D eigenvalue weighted by Crippen LogP contribution is -2.80. The van der Waals surface area contributed by atoms with Gasteiger partial charge in [-0.05, 0) is 6.42 Å². The Labute approximate surface area is 117 Å². The SMILES string of the molecule is CC1(C)C2OCCC2C1(N)C(=O)NCCOCC(=O)O. The van der Waals surface area contributed by atoms with Crippen LogP contribution in [0.2, 0.25) is 0 Å². The Balaban J connectivity index is 1.84. The summed E-state index contributed by atoms with van der Waals surface area (Å²) in [5.74, 6) is -1.19. The van der Waals surface area contributed by atoms with Gasteiger partial charge in [-0.15, -0.1) is 0 Å². The van der Waals surface area contributed by atoms with Crippen molar-refractivity contribution in [2.45, 2.75) is 31.9 Å². The maximum absolute atomic E-state index is 12.3. The number of ether oxygens (including phenoxy) is 2. The van der Waals surface area contributed by atoms with E-state index in [0.717, 1.165) is 6.42 Å². The summed E-state index contributed by atoms with van der Waals surface area (Å²) in [4.78, 5) is 22.6. The molecule has 0 radical (unpaired) electrons. The third-order valence-corrected chi connectivity index (χ3v) is 4.59. The van der Waals surface area contributed by atoms with Crippen LogP contribution in [-0.2, 0) is 19.1 Å². The zero-order valence-electron chi connectivity index (χ0n) is 11.8. The molecule has 1 aliphatic carbocycles. The summed E-state index contributed by atoms with van der Waals surface area (Å²) >= 11 is 0. The zero-order valence-corrected chi connectivity index (χ0v) is 11.8. The van der Waals surface area contributed by atoms with Gasteiger partial charge in [0.1, 0.15) is 12.1 Å². The lowest BCUT2D eigenvalue weighted by molar-refractivity contribution is -0.175. The number of nitrogens with two attached hydrogens (primary N) is 1. The molecule has 2 aliphatic rings. The molecule has 2 fully saturated rings. The van der Waals surface area contributed by atoms with Crippen LogP contribution in [0.5, 0.6) is 0 Å². The van der Waals surface area contributed by atoms with E-state index in [0.29, 0.717) is 6.61 Å². The number of rotatable bonds is 6. The Morgan fingerprint density at radius 3 is 2.85 bits per heavy atom. The van der Waals surface area contributed by atoms with Gasteiger partial charge in [0.25, 0.3) is 0 Å². The molecule has 114 valence electrons. The number of amides is 1. The van der Waals surface area contributed by atoms with Crippen molar-refractivity contribution in [2.75, 3.05) is 26.4 Å². The zero-order chi connectivity index (χ0) is 15.0. The highest BCUT2D eigenvalue weighted by Crippen LogP contribution is 2.58. The second kappa shape index (κ2) is 5.31. The second-order valence-electron chi connectivity index (χ2n) is 5.98. The average Bonchev–Trinajstić information content (AvgIpc) is 2.84. The lowest BCUT2D eigenvalue weighted by Gasteiger charge is -2.60. The molecule has 0 bridgehead atoms. The van der Waals surface area contributed by atoms with E-state index >= 15 is 0 Å². The lowest BCUT2D eigenvalue weighted by atomic mass is 9.48. The molecule has 1 saturated carbocycles. The van der Waals surface area contributed by atoms with E-state index in [1.165, 1.54) is 0 Å². The number of fused-ring (bicyclic) bond motifs is 1. The van der Waals surface area contributed by atoms with Crippen LogP contribution < -0.4 is 11.1 Å². The molecule has 0 aromatic rings. The third-order valence-electron chi connectivity index (χ3n) is 4.59. The van der Waals surface area contributed by atoms with Crippen LogP contribution in [0.4, 0.5) is 0 Å².